The zero-order valence-electron chi connectivity index (χ0n) is 18.5. The zero-order chi connectivity index (χ0) is 24.5. The summed E-state index contributed by atoms with van der Waals surface area (Å²) in [5.41, 5.74) is 1.21. The summed E-state index contributed by atoms with van der Waals surface area (Å²) in [5, 5.41) is 10.3. The van der Waals surface area contributed by atoms with Crippen molar-refractivity contribution in [2.75, 3.05) is 16.3 Å². The van der Waals surface area contributed by atoms with Crippen molar-refractivity contribution in [3.8, 4) is 11.4 Å². The van der Waals surface area contributed by atoms with Crippen molar-refractivity contribution in [2.24, 2.45) is 7.05 Å². The van der Waals surface area contributed by atoms with Gasteiger partial charge < -0.3 is 4.74 Å². The van der Waals surface area contributed by atoms with Gasteiger partial charge in [0.1, 0.15) is 17.7 Å². The molecule has 2 N–H and O–H groups in total. The number of pyridine rings is 1. The lowest BCUT2D eigenvalue weighted by Crippen LogP contribution is -2.19. The summed E-state index contributed by atoms with van der Waals surface area (Å²) in [6.45, 7) is 4.44. The molecule has 0 saturated carbocycles. The first-order valence-corrected chi connectivity index (χ1v) is 11.5. The number of aromatic nitrogens is 4. The number of amides is 1. The van der Waals surface area contributed by atoms with Crippen molar-refractivity contribution in [3.63, 3.8) is 0 Å². The second-order valence-corrected chi connectivity index (χ2v) is 9.16. The Labute approximate surface area is 189 Å². The SMILES string of the molecule is Cc1cc(F)c([C@@H](C)OC(=O)Nc2c(-c3ccc(NS(C)(=O)=O)c(C)n3)nnn2C)cc1F. The molecule has 0 saturated heterocycles. The Kier molecular flexibility index (Phi) is 6.63. The van der Waals surface area contributed by atoms with E-state index in [0.717, 1.165) is 18.4 Å². The minimum absolute atomic E-state index is 0.108. The smallest absolute Gasteiger partial charge is 0.413 e. The Morgan fingerprint density at radius 1 is 1.18 bits per heavy atom. The van der Waals surface area contributed by atoms with E-state index in [1.54, 1.807) is 6.92 Å². The molecule has 2 aromatic heterocycles. The molecule has 1 amide bonds. The number of aryl methyl sites for hydroxylation is 3. The van der Waals surface area contributed by atoms with Gasteiger partial charge in [-0.1, -0.05) is 5.21 Å². The van der Waals surface area contributed by atoms with Crippen LogP contribution in [-0.2, 0) is 21.8 Å². The molecule has 0 fully saturated rings. The highest BCUT2D eigenvalue weighted by molar-refractivity contribution is 7.92. The normalized spacial score (nSPS) is 12.3. The van der Waals surface area contributed by atoms with Crippen LogP contribution in [0.4, 0.5) is 25.1 Å². The molecule has 3 aromatic rings. The number of nitrogens with zero attached hydrogens (tertiary/aromatic N) is 4. The van der Waals surface area contributed by atoms with Crippen molar-refractivity contribution in [1.29, 1.82) is 0 Å². The average Bonchev–Trinajstić information content (AvgIpc) is 3.05. The standard InChI is InChI=1S/C20H22F2N6O4S/c1-10-8-15(22)13(9-14(10)21)12(3)32-20(29)24-19-18(25-27-28(19)4)17-7-6-16(11(2)23-17)26-33(5,30)31/h6-9,12,26H,1-5H3,(H,24,29)/t12-/m1/s1. The second kappa shape index (κ2) is 9.10. The van der Waals surface area contributed by atoms with Crippen molar-refractivity contribution < 1.29 is 26.7 Å². The number of hydrogen-bond donors (Lipinski definition) is 2. The summed E-state index contributed by atoms with van der Waals surface area (Å²) in [4.78, 5) is 16.8. The minimum Gasteiger partial charge on any atom is -0.441 e. The van der Waals surface area contributed by atoms with E-state index in [1.165, 1.54) is 37.7 Å². The van der Waals surface area contributed by atoms with Gasteiger partial charge in [-0.25, -0.2) is 31.7 Å². The number of carbonyl (C=O) groups excluding carboxylic acids is 1. The third-order valence-corrected chi connectivity index (χ3v) is 5.26. The predicted octanol–water partition coefficient (Wildman–Crippen LogP) is 3.45. The van der Waals surface area contributed by atoms with Crippen LogP contribution < -0.4 is 10.0 Å². The summed E-state index contributed by atoms with van der Waals surface area (Å²) < 4.78 is 59.8. The summed E-state index contributed by atoms with van der Waals surface area (Å²) in [6.07, 6.45) is -0.998. The van der Waals surface area contributed by atoms with Crippen molar-refractivity contribution in [3.05, 3.63) is 52.7 Å². The van der Waals surface area contributed by atoms with E-state index < -0.39 is 33.9 Å². The molecular formula is C20H22F2N6O4S. The third kappa shape index (κ3) is 5.61. The number of carbonyl (C=O) groups is 1. The molecule has 3 rings (SSSR count). The van der Waals surface area contributed by atoms with Crippen molar-refractivity contribution >= 4 is 27.6 Å². The Bertz CT molecular complexity index is 1330. The van der Waals surface area contributed by atoms with Crippen LogP contribution in [0.5, 0.6) is 0 Å². The number of rotatable bonds is 6. The van der Waals surface area contributed by atoms with Crippen molar-refractivity contribution in [1.82, 2.24) is 20.0 Å². The maximum absolute atomic E-state index is 14.2. The third-order valence-electron chi connectivity index (χ3n) is 4.67. The van der Waals surface area contributed by atoms with Crippen LogP contribution in [0.2, 0.25) is 0 Å². The van der Waals surface area contributed by atoms with Gasteiger partial charge in [0, 0.05) is 12.6 Å². The lowest BCUT2D eigenvalue weighted by Gasteiger charge is -2.16. The Morgan fingerprint density at radius 2 is 1.88 bits per heavy atom. The van der Waals surface area contributed by atoms with Gasteiger partial charge in [-0.15, -0.1) is 5.10 Å². The molecule has 0 unspecified atom stereocenters. The second-order valence-electron chi connectivity index (χ2n) is 7.41. The fourth-order valence-corrected chi connectivity index (χ4v) is 3.61. The molecule has 10 nitrogen and oxygen atoms in total. The van der Waals surface area contributed by atoms with Crippen LogP contribution >= 0.6 is 0 Å². The van der Waals surface area contributed by atoms with Gasteiger partial charge in [-0.2, -0.15) is 0 Å². The number of sulfonamides is 1. The minimum atomic E-state index is -3.49. The molecule has 1 aromatic carbocycles. The van der Waals surface area contributed by atoms with Crippen LogP contribution in [0.3, 0.4) is 0 Å². The van der Waals surface area contributed by atoms with E-state index in [4.69, 9.17) is 4.74 Å². The van der Waals surface area contributed by atoms with E-state index in [1.807, 2.05) is 0 Å². The van der Waals surface area contributed by atoms with Gasteiger partial charge in [0.15, 0.2) is 11.5 Å². The van der Waals surface area contributed by atoms with Crippen LogP contribution in [0.15, 0.2) is 24.3 Å². The summed E-state index contributed by atoms with van der Waals surface area (Å²) in [5.74, 6) is -1.17. The van der Waals surface area contributed by atoms with E-state index in [2.05, 4.69) is 25.3 Å². The number of nitrogens with one attached hydrogen (secondary N) is 2. The monoisotopic (exact) mass is 480 g/mol. The number of benzene rings is 1. The topological polar surface area (TPSA) is 128 Å². The largest absolute Gasteiger partial charge is 0.441 e. The molecule has 13 heteroatoms. The molecule has 0 aliphatic heterocycles. The van der Waals surface area contributed by atoms with Gasteiger partial charge in [0.2, 0.25) is 10.0 Å². The first-order valence-electron chi connectivity index (χ1n) is 9.64. The highest BCUT2D eigenvalue weighted by Crippen LogP contribution is 2.28. The maximum atomic E-state index is 14.2. The summed E-state index contributed by atoms with van der Waals surface area (Å²) >= 11 is 0. The molecule has 0 aliphatic carbocycles. The molecule has 0 bridgehead atoms. The van der Waals surface area contributed by atoms with Gasteiger partial charge in [0.05, 0.1) is 23.3 Å². The molecule has 176 valence electrons. The average molecular weight is 480 g/mol. The van der Waals surface area contributed by atoms with Crippen LogP contribution in [0.25, 0.3) is 11.4 Å². The lowest BCUT2D eigenvalue weighted by molar-refractivity contribution is 0.118. The Hall–Kier alpha value is -3.61. The fraction of sp³-hybridized carbons (Fsp3) is 0.300. The molecule has 0 radical (unpaired) electrons. The number of halogens is 2. The van der Waals surface area contributed by atoms with Gasteiger partial charge >= 0.3 is 6.09 Å². The molecule has 0 aliphatic rings. The van der Waals surface area contributed by atoms with Gasteiger partial charge in [-0.05, 0) is 50.6 Å². The highest BCUT2D eigenvalue weighted by atomic mass is 32.2. The Balaban J connectivity index is 1.81. The number of anilines is 2. The predicted molar refractivity (Wildman–Crippen MR) is 117 cm³/mol. The summed E-state index contributed by atoms with van der Waals surface area (Å²) in [6, 6.07) is 5.03. The molecule has 0 spiro atoms. The summed E-state index contributed by atoms with van der Waals surface area (Å²) in [7, 11) is -1.96. The zero-order valence-corrected chi connectivity index (χ0v) is 19.3. The maximum Gasteiger partial charge on any atom is 0.413 e. The first kappa shape index (κ1) is 24.0. The van der Waals surface area contributed by atoms with E-state index in [0.29, 0.717) is 17.1 Å². The fourth-order valence-electron chi connectivity index (χ4n) is 2.99. The van der Waals surface area contributed by atoms with Crippen LogP contribution in [0.1, 0.15) is 29.8 Å². The lowest BCUT2D eigenvalue weighted by atomic mass is 10.1. The van der Waals surface area contributed by atoms with Crippen molar-refractivity contribution in [2.45, 2.75) is 26.9 Å². The Morgan fingerprint density at radius 3 is 2.52 bits per heavy atom. The number of ether oxygens (including phenoxy) is 1. The highest BCUT2D eigenvalue weighted by Gasteiger charge is 2.22. The van der Waals surface area contributed by atoms with E-state index in [9.17, 15) is 22.0 Å². The molecule has 2 heterocycles. The molecular weight excluding hydrogens is 458 g/mol. The molecule has 33 heavy (non-hydrogen) atoms. The van der Waals surface area contributed by atoms with Crippen LogP contribution in [0, 0.1) is 25.5 Å². The number of hydrogen-bond acceptors (Lipinski definition) is 7. The quantitative estimate of drug-likeness (QED) is 0.553. The van der Waals surface area contributed by atoms with Gasteiger partial charge in [0.25, 0.3) is 0 Å². The van der Waals surface area contributed by atoms with E-state index >= 15 is 0 Å². The first-order chi connectivity index (χ1) is 15.4. The van der Waals surface area contributed by atoms with Crippen LogP contribution in [-0.4, -0.2) is 40.7 Å². The molecule has 1 atom stereocenters. The van der Waals surface area contributed by atoms with Gasteiger partial charge in [-0.3, -0.25) is 10.0 Å². The van der Waals surface area contributed by atoms with E-state index in [-0.39, 0.29) is 22.6 Å².